The summed E-state index contributed by atoms with van der Waals surface area (Å²) in [6.45, 7) is 4.03. The van der Waals surface area contributed by atoms with E-state index in [0.717, 1.165) is 24.4 Å². The Morgan fingerprint density at radius 3 is 2.85 bits per heavy atom. The molecule has 0 amide bonds. The molecule has 8 heteroatoms. The van der Waals surface area contributed by atoms with Gasteiger partial charge in [-0.2, -0.15) is 9.50 Å². The number of rotatable bonds is 4. The maximum absolute atomic E-state index is 13.0. The van der Waals surface area contributed by atoms with E-state index in [0.29, 0.717) is 42.3 Å². The number of aryl methyl sites for hydroxylation is 1. The molecule has 27 heavy (non-hydrogen) atoms. The zero-order chi connectivity index (χ0) is 18.4. The number of hydrogen-bond donors (Lipinski definition) is 1. The Labute approximate surface area is 154 Å². The number of hydrogen-bond acceptors (Lipinski definition) is 5. The van der Waals surface area contributed by atoms with Crippen LogP contribution < -0.4 is 5.56 Å². The van der Waals surface area contributed by atoms with E-state index in [2.05, 4.69) is 15.1 Å². The van der Waals surface area contributed by atoms with E-state index < -0.39 is 0 Å². The summed E-state index contributed by atoms with van der Waals surface area (Å²) in [5.41, 5.74) is 2.00. The van der Waals surface area contributed by atoms with Crippen molar-refractivity contribution in [1.29, 1.82) is 0 Å². The number of benzene rings is 1. The maximum atomic E-state index is 13.0. The number of aromatic amines is 1. The zero-order valence-electron chi connectivity index (χ0n) is 15.1. The standard InChI is InChI=1S/C19H20N6O2/c1-2-24-17-15(21-16(22-17)13-8-9-27-11-13)18(26)25-19(24)20-14(23-25)10-12-6-4-3-5-7-12/h3-7,13H,2,8-11H2,1H3,(H,21,22). The number of imidazole rings is 1. The second-order valence-electron chi connectivity index (χ2n) is 6.83. The quantitative estimate of drug-likeness (QED) is 0.597. The van der Waals surface area contributed by atoms with E-state index in [-0.39, 0.29) is 11.5 Å². The number of ether oxygens (including phenoxy) is 1. The Bertz CT molecular complexity index is 1170. The first kappa shape index (κ1) is 16.2. The van der Waals surface area contributed by atoms with Crippen molar-refractivity contribution < 1.29 is 4.74 Å². The van der Waals surface area contributed by atoms with Crippen molar-refractivity contribution in [3.63, 3.8) is 0 Å². The van der Waals surface area contributed by atoms with Gasteiger partial charge in [-0.25, -0.2) is 4.98 Å². The van der Waals surface area contributed by atoms with Crippen LogP contribution in [0.1, 0.15) is 36.5 Å². The van der Waals surface area contributed by atoms with Crippen LogP contribution >= 0.6 is 0 Å². The Morgan fingerprint density at radius 1 is 1.26 bits per heavy atom. The van der Waals surface area contributed by atoms with Crippen LogP contribution in [0.25, 0.3) is 16.9 Å². The van der Waals surface area contributed by atoms with Gasteiger partial charge in [-0.1, -0.05) is 30.3 Å². The topological polar surface area (TPSA) is 90.1 Å². The summed E-state index contributed by atoms with van der Waals surface area (Å²) in [6, 6.07) is 10.00. The van der Waals surface area contributed by atoms with Crippen LogP contribution in [0.4, 0.5) is 0 Å². The predicted molar refractivity (Wildman–Crippen MR) is 100.0 cm³/mol. The van der Waals surface area contributed by atoms with Gasteiger partial charge >= 0.3 is 5.56 Å². The van der Waals surface area contributed by atoms with Crippen LogP contribution in [0.5, 0.6) is 0 Å². The average molecular weight is 364 g/mol. The van der Waals surface area contributed by atoms with Gasteiger partial charge < -0.3 is 9.72 Å². The number of fused-ring (bicyclic) bond motifs is 2. The van der Waals surface area contributed by atoms with Gasteiger partial charge in [0.15, 0.2) is 17.0 Å². The molecule has 1 N–H and O–H groups in total. The van der Waals surface area contributed by atoms with E-state index in [9.17, 15) is 4.79 Å². The first-order valence-corrected chi connectivity index (χ1v) is 9.24. The summed E-state index contributed by atoms with van der Waals surface area (Å²) >= 11 is 0. The molecule has 4 aromatic rings. The monoisotopic (exact) mass is 364 g/mol. The molecule has 4 heterocycles. The molecule has 1 atom stereocenters. The van der Waals surface area contributed by atoms with E-state index >= 15 is 0 Å². The van der Waals surface area contributed by atoms with Crippen molar-refractivity contribution in [2.75, 3.05) is 13.2 Å². The summed E-state index contributed by atoms with van der Waals surface area (Å²) in [7, 11) is 0. The third-order valence-electron chi connectivity index (χ3n) is 5.08. The Kier molecular flexibility index (Phi) is 3.78. The lowest BCUT2D eigenvalue weighted by molar-refractivity contribution is 0.193. The summed E-state index contributed by atoms with van der Waals surface area (Å²) in [6.07, 6.45) is 1.49. The Balaban J connectivity index is 1.66. The molecule has 1 unspecified atom stereocenters. The molecule has 5 rings (SSSR count). The highest BCUT2D eigenvalue weighted by Gasteiger charge is 2.24. The highest BCUT2D eigenvalue weighted by Crippen LogP contribution is 2.24. The minimum absolute atomic E-state index is 0.205. The summed E-state index contributed by atoms with van der Waals surface area (Å²) < 4.78 is 8.78. The van der Waals surface area contributed by atoms with Gasteiger partial charge in [0.2, 0.25) is 5.78 Å². The van der Waals surface area contributed by atoms with Crippen molar-refractivity contribution >= 4 is 16.9 Å². The lowest BCUT2D eigenvalue weighted by Gasteiger charge is -2.04. The number of aromatic nitrogens is 6. The summed E-state index contributed by atoms with van der Waals surface area (Å²) in [5.74, 6) is 2.16. The van der Waals surface area contributed by atoms with Crippen LogP contribution in [0.3, 0.4) is 0 Å². The molecule has 0 spiro atoms. The van der Waals surface area contributed by atoms with Gasteiger partial charge in [0.05, 0.1) is 6.61 Å². The van der Waals surface area contributed by atoms with Crippen LogP contribution in [0.15, 0.2) is 35.1 Å². The van der Waals surface area contributed by atoms with E-state index in [1.165, 1.54) is 4.52 Å². The van der Waals surface area contributed by atoms with Gasteiger partial charge in [-0.15, -0.1) is 5.10 Å². The van der Waals surface area contributed by atoms with Crippen molar-refractivity contribution in [2.24, 2.45) is 0 Å². The van der Waals surface area contributed by atoms with Gasteiger partial charge in [0, 0.05) is 25.5 Å². The molecule has 0 saturated carbocycles. The Morgan fingerprint density at radius 2 is 2.11 bits per heavy atom. The van der Waals surface area contributed by atoms with Crippen LogP contribution in [0, 0.1) is 0 Å². The third-order valence-corrected chi connectivity index (χ3v) is 5.08. The molecule has 1 aromatic carbocycles. The molecule has 3 aromatic heterocycles. The summed E-state index contributed by atoms with van der Waals surface area (Å²) in [4.78, 5) is 25.6. The minimum atomic E-state index is -0.214. The van der Waals surface area contributed by atoms with Crippen molar-refractivity contribution in [1.82, 2.24) is 29.1 Å². The SMILES string of the molecule is CCn1c2nc(C3CCOC3)[nH]c2c(=O)n2nc(Cc3ccccc3)nc12. The fourth-order valence-corrected chi connectivity index (χ4v) is 3.67. The smallest absolute Gasteiger partial charge is 0.301 e. The van der Waals surface area contributed by atoms with Crippen molar-refractivity contribution in [2.45, 2.75) is 32.2 Å². The molecule has 0 radical (unpaired) electrons. The molecule has 138 valence electrons. The molecule has 8 nitrogen and oxygen atoms in total. The van der Waals surface area contributed by atoms with E-state index in [4.69, 9.17) is 9.72 Å². The molecular weight excluding hydrogens is 344 g/mol. The second kappa shape index (κ2) is 6.31. The van der Waals surface area contributed by atoms with Crippen LogP contribution in [-0.2, 0) is 17.7 Å². The fraction of sp³-hybridized carbons (Fsp3) is 0.368. The third kappa shape index (κ3) is 2.64. The van der Waals surface area contributed by atoms with E-state index in [1.54, 1.807) is 0 Å². The molecular formula is C19H20N6O2. The van der Waals surface area contributed by atoms with Gasteiger partial charge in [0.25, 0.3) is 0 Å². The van der Waals surface area contributed by atoms with Gasteiger partial charge in [0.1, 0.15) is 5.82 Å². The number of nitrogens with zero attached hydrogens (tertiary/aromatic N) is 5. The lowest BCUT2D eigenvalue weighted by Crippen LogP contribution is -2.19. The highest BCUT2D eigenvalue weighted by molar-refractivity contribution is 5.72. The molecule has 0 bridgehead atoms. The molecule has 1 aliphatic rings. The summed E-state index contributed by atoms with van der Waals surface area (Å²) in [5, 5.41) is 4.47. The Hall–Kier alpha value is -3.00. The van der Waals surface area contributed by atoms with Gasteiger partial charge in [-0.05, 0) is 18.9 Å². The van der Waals surface area contributed by atoms with E-state index in [1.807, 2.05) is 41.8 Å². The van der Waals surface area contributed by atoms with Gasteiger partial charge in [-0.3, -0.25) is 9.36 Å². The normalized spacial score (nSPS) is 17.3. The van der Waals surface area contributed by atoms with Crippen molar-refractivity contribution in [3.05, 3.63) is 57.9 Å². The number of H-pyrrole nitrogens is 1. The van der Waals surface area contributed by atoms with Crippen LogP contribution in [-0.4, -0.2) is 42.3 Å². The first-order valence-electron chi connectivity index (χ1n) is 9.24. The molecule has 1 fully saturated rings. The second-order valence-corrected chi connectivity index (χ2v) is 6.83. The minimum Gasteiger partial charge on any atom is -0.381 e. The highest BCUT2D eigenvalue weighted by atomic mass is 16.5. The molecule has 0 aliphatic carbocycles. The zero-order valence-corrected chi connectivity index (χ0v) is 15.1. The maximum Gasteiger partial charge on any atom is 0.301 e. The number of nitrogens with one attached hydrogen (secondary N) is 1. The van der Waals surface area contributed by atoms with Crippen LogP contribution in [0.2, 0.25) is 0 Å². The fourth-order valence-electron chi connectivity index (χ4n) is 3.67. The lowest BCUT2D eigenvalue weighted by atomic mass is 10.1. The van der Waals surface area contributed by atoms with Crippen molar-refractivity contribution in [3.8, 4) is 0 Å². The first-order chi connectivity index (χ1) is 13.2. The molecule has 1 saturated heterocycles. The average Bonchev–Trinajstić information content (AvgIpc) is 3.42. The predicted octanol–water partition coefficient (Wildman–Crippen LogP) is 1.88. The molecule has 1 aliphatic heterocycles. The largest absolute Gasteiger partial charge is 0.381 e.